The second kappa shape index (κ2) is 9.76. The number of likely N-dealkylation sites (N-methyl/N-ethyl adjacent to an activating group) is 2. The molecule has 0 radical (unpaired) electrons. The fourth-order valence-corrected chi connectivity index (χ4v) is 4.27. The smallest absolute Gasteiger partial charge is 0.242 e. The van der Waals surface area contributed by atoms with E-state index in [1.807, 2.05) is 73.1 Å². The molecule has 3 aromatic heterocycles. The van der Waals surface area contributed by atoms with Gasteiger partial charge >= 0.3 is 0 Å². The maximum absolute atomic E-state index is 12.5. The molecule has 4 aromatic rings. The number of aromatic nitrogens is 3. The number of carbonyl (C=O) groups is 1. The van der Waals surface area contributed by atoms with Gasteiger partial charge in [0.25, 0.3) is 0 Å². The molecule has 0 bridgehead atoms. The van der Waals surface area contributed by atoms with E-state index in [1.165, 1.54) is 0 Å². The number of nitrogens with zero attached hydrogens (tertiary/aromatic N) is 4. The van der Waals surface area contributed by atoms with Crippen LogP contribution in [0.25, 0.3) is 23.0 Å². The highest BCUT2D eigenvalue weighted by Crippen LogP contribution is 2.30. The van der Waals surface area contributed by atoms with Crippen LogP contribution in [0.2, 0.25) is 0 Å². The number of allylic oxidation sites excluding steroid dienone is 1. The number of amides is 1. The van der Waals surface area contributed by atoms with Gasteiger partial charge in [0, 0.05) is 35.8 Å². The van der Waals surface area contributed by atoms with Crippen molar-refractivity contribution in [3.05, 3.63) is 95.6 Å². The minimum atomic E-state index is -0.352. The molecule has 7 nitrogen and oxygen atoms in total. The molecule has 0 saturated carbocycles. The molecule has 0 fully saturated rings. The van der Waals surface area contributed by atoms with Crippen LogP contribution < -0.4 is 15.5 Å². The molecule has 1 aliphatic rings. The predicted molar refractivity (Wildman–Crippen MR) is 149 cm³/mol. The molecule has 1 unspecified atom stereocenters. The summed E-state index contributed by atoms with van der Waals surface area (Å²) in [5.41, 5.74) is 8.01. The van der Waals surface area contributed by atoms with Crippen LogP contribution in [-0.2, 0) is 4.79 Å². The fourth-order valence-electron chi connectivity index (χ4n) is 4.27. The highest BCUT2D eigenvalue weighted by atomic mass is 16.2. The number of carbonyl (C=O) groups excluding carboxylic acids is 1. The average Bonchev–Trinajstić information content (AvgIpc) is 3.24. The van der Waals surface area contributed by atoms with Crippen LogP contribution in [0.3, 0.4) is 0 Å². The molecule has 0 spiro atoms. The van der Waals surface area contributed by atoms with E-state index in [2.05, 4.69) is 40.0 Å². The molecule has 1 atom stereocenters. The Balaban J connectivity index is 1.60. The number of fused-ring (bicyclic) bond motifs is 2. The standard InChI is InChI=1S/C30H28N6O/c1-19-9-12-23-18-22(11-15-26(23)35(19)5)10-14-25-24(13-16-27(33-25)34-30(37)21(3)31-4)29-20(2)32-28-8-6-7-17-36(28)29/h6-9,11-13,15-18,21,31H,1H2,2-5H3,(H,33,34,37). The van der Waals surface area contributed by atoms with Gasteiger partial charge in [0.1, 0.15) is 17.2 Å². The normalized spacial score (nSPS) is 13.2. The summed E-state index contributed by atoms with van der Waals surface area (Å²) in [6.45, 7) is 7.83. The Morgan fingerprint density at radius 2 is 1.92 bits per heavy atom. The zero-order valence-electron chi connectivity index (χ0n) is 21.3. The molecule has 1 amide bonds. The Labute approximate surface area is 216 Å². The monoisotopic (exact) mass is 488 g/mol. The summed E-state index contributed by atoms with van der Waals surface area (Å²) in [6, 6.07) is 15.4. The van der Waals surface area contributed by atoms with E-state index in [9.17, 15) is 4.79 Å². The minimum absolute atomic E-state index is 0.167. The van der Waals surface area contributed by atoms with Crippen molar-refractivity contribution < 1.29 is 4.79 Å². The lowest BCUT2D eigenvalue weighted by Crippen LogP contribution is -2.35. The van der Waals surface area contributed by atoms with E-state index < -0.39 is 0 Å². The molecule has 0 saturated heterocycles. The third-order valence-corrected chi connectivity index (χ3v) is 6.53. The van der Waals surface area contributed by atoms with E-state index in [-0.39, 0.29) is 11.9 Å². The first-order valence-electron chi connectivity index (χ1n) is 12.1. The highest BCUT2D eigenvalue weighted by molar-refractivity contribution is 5.94. The lowest BCUT2D eigenvalue weighted by Gasteiger charge is -2.25. The molecule has 1 aromatic carbocycles. The van der Waals surface area contributed by atoms with Crippen LogP contribution in [0, 0.1) is 18.8 Å². The Morgan fingerprint density at radius 1 is 1.08 bits per heavy atom. The van der Waals surface area contributed by atoms with E-state index in [1.54, 1.807) is 20.0 Å². The lowest BCUT2D eigenvalue weighted by atomic mass is 10.0. The van der Waals surface area contributed by atoms with Gasteiger partial charge < -0.3 is 15.5 Å². The molecule has 7 heteroatoms. The summed E-state index contributed by atoms with van der Waals surface area (Å²) >= 11 is 0. The van der Waals surface area contributed by atoms with Gasteiger partial charge in [-0.25, -0.2) is 9.97 Å². The van der Waals surface area contributed by atoms with Crippen molar-refractivity contribution >= 4 is 29.1 Å². The van der Waals surface area contributed by atoms with Gasteiger partial charge in [-0.3, -0.25) is 9.20 Å². The van der Waals surface area contributed by atoms with Crippen molar-refractivity contribution in [1.82, 2.24) is 19.7 Å². The van der Waals surface area contributed by atoms with Crippen LogP contribution in [0.15, 0.2) is 73.1 Å². The summed E-state index contributed by atoms with van der Waals surface area (Å²) < 4.78 is 2.03. The first-order valence-corrected chi connectivity index (χ1v) is 12.1. The second-order valence-electron chi connectivity index (χ2n) is 8.97. The zero-order valence-corrected chi connectivity index (χ0v) is 21.3. The van der Waals surface area contributed by atoms with Gasteiger partial charge in [-0.15, -0.1) is 0 Å². The summed E-state index contributed by atoms with van der Waals surface area (Å²) in [7, 11) is 3.74. The van der Waals surface area contributed by atoms with Gasteiger partial charge in [0.2, 0.25) is 5.91 Å². The summed E-state index contributed by atoms with van der Waals surface area (Å²) in [4.78, 5) is 24.0. The Morgan fingerprint density at radius 3 is 2.73 bits per heavy atom. The van der Waals surface area contributed by atoms with E-state index in [0.717, 1.165) is 45.1 Å². The topological polar surface area (TPSA) is 74.6 Å². The SMILES string of the molecule is C=C1C=Cc2cc(C#Cc3nc(NC(=O)C(C)NC)ccc3-c3c(C)nc4ccccn34)ccc2N1C. The molecule has 5 rings (SSSR count). The Bertz CT molecular complexity index is 1640. The molecule has 184 valence electrons. The van der Waals surface area contributed by atoms with Crippen molar-refractivity contribution in [3.63, 3.8) is 0 Å². The zero-order chi connectivity index (χ0) is 26.1. The number of hydrogen-bond donors (Lipinski definition) is 2. The Hall–Kier alpha value is -4.67. The van der Waals surface area contributed by atoms with E-state index >= 15 is 0 Å². The van der Waals surface area contributed by atoms with E-state index in [0.29, 0.717) is 11.5 Å². The quantitative estimate of drug-likeness (QED) is 0.410. The van der Waals surface area contributed by atoms with Crippen molar-refractivity contribution in [1.29, 1.82) is 0 Å². The van der Waals surface area contributed by atoms with Gasteiger partial charge in [-0.05, 0) is 80.9 Å². The van der Waals surface area contributed by atoms with E-state index in [4.69, 9.17) is 9.97 Å². The van der Waals surface area contributed by atoms with Crippen molar-refractivity contribution in [2.24, 2.45) is 0 Å². The van der Waals surface area contributed by atoms with Crippen LogP contribution in [-0.4, -0.2) is 40.4 Å². The van der Waals surface area contributed by atoms with Gasteiger partial charge in [-0.1, -0.05) is 24.6 Å². The van der Waals surface area contributed by atoms with Crippen LogP contribution in [0.4, 0.5) is 11.5 Å². The lowest BCUT2D eigenvalue weighted by molar-refractivity contribution is -0.117. The largest absolute Gasteiger partial charge is 0.345 e. The summed E-state index contributed by atoms with van der Waals surface area (Å²) in [5, 5.41) is 5.82. The number of imidazole rings is 1. The molecular weight excluding hydrogens is 460 g/mol. The molecule has 4 heterocycles. The van der Waals surface area contributed by atoms with Crippen molar-refractivity contribution in [2.45, 2.75) is 19.9 Å². The third-order valence-electron chi connectivity index (χ3n) is 6.53. The number of rotatable bonds is 4. The molecule has 2 N–H and O–H groups in total. The van der Waals surface area contributed by atoms with Gasteiger partial charge in [0.15, 0.2) is 0 Å². The van der Waals surface area contributed by atoms with Crippen LogP contribution >= 0.6 is 0 Å². The third kappa shape index (κ3) is 4.63. The first kappa shape index (κ1) is 24.0. The number of aryl methyl sites for hydroxylation is 1. The number of benzene rings is 1. The maximum atomic E-state index is 12.5. The number of hydrogen-bond acceptors (Lipinski definition) is 5. The Kier molecular flexibility index (Phi) is 6.34. The highest BCUT2D eigenvalue weighted by Gasteiger charge is 2.17. The number of nitrogens with one attached hydrogen (secondary N) is 2. The predicted octanol–water partition coefficient (Wildman–Crippen LogP) is 4.63. The fraction of sp³-hybridized carbons (Fsp3) is 0.167. The number of pyridine rings is 2. The molecule has 37 heavy (non-hydrogen) atoms. The minimum Gasteiger partial charge on any atom is -0.345 e. The van der Waals surface area contributed by atoms with Crippen molar-refractivity contribution in [2.75, 3.05) is 24.3 Å². The molecular formula is C30H28N6O. The van der Waals surface area contributed by atoms with Crippen LogP contribution in [0.1, 0.15) is 29.4 Å². The first-order chi connectivity index (χ1) is 17.9. The average molecular weight is 489 g/mol. The summed E-state index contributed by atoms with van der Waals surface area (Å²) in [5.74, 6) is 6.83. The number of anilines is 2. The summed E-state index contributed by atoms with van der Waals surface area (Å²) in [6.07, 6.45) is 6.02. The maximum Gasteiger partial charge on any atom is 0.242 e. The van der Waals surface area contributed by atoms with Crippen molar-refractivity contribution in [3.8, 4) is 23.1 Å². The molecule has 1 aliphatic heterocycles. The van der Waals surface area contributed by atoms with Crippen LogP contribution in [0.5, 0.6) is 0 Å². The molecule has 0 aliphatic carbocycles. The second-order valence-corrected chi connectivity index (χ2v) is 8.97. The van der Waals surface area contributed by atoms with Gasteiger partial charge in [0.05, 0.1) is 17.4 Å². The van der Waals surface area contributed by atoms with Gasteiger partial charge in [-0.2, -0.15) is 0 Å².